The highest BCUT2D eigenvalue weighted by Crippen LogP contribution is 2.23. The summed E-state index contributed by atoms with van der Waals surface area (Å²) in [7, 11) is 0. The molecule has 104 valence electrons. The van der Waals surface area contributed by atoms with Crippen LogP contribution in [0.3, 0.4) is 0 Å². The van der Waals surface area contributed by atoms with E-state index in [0.29, 0.717) is 6.42 Å². The molecule has 1 heterocycles. The Labute approximate surface area is 107 Å². The molecule has 1 aromatic rings. The van der Waals surface area contributed by atoms with Crippen molar-refractivity contribution in [2.24, 2.45) is 0 Å². The molecule has 1 N–H and O–H groups in total. The summed E-state index contributed by atoms with van der Waals surface area (Å²) in [5, 5.41) is 0. The normalized spacial score (nSPS) is 11.9. The van der Waals surface area contributed by atoms with Gasteiger partial charge in [0.25, 0.3) is 0 Å². The number of aromatic amines is 1. The van der Waals surface area contributed by atoms with Crippen molar-refractivity contribution in [2.75, 3.05) is 0 Å². The van der Waals surface area contributed by atoms with Gasteiger partial charge < -0.3 is 4.98 Å². The van der Waals surface area contributed by atoms with Crippen LogP contribution in [-0.2, 0) is 6.42 Å². The molecule has 0 saturated carbocycles. The lowest BCUT2D eigenvalue weighted by Gasteiger charge is -2.05. The van der Waals surface area contributed by atoms with Crippen LogP contribution in [0.1, 0.15) is 57.1 Å². The molecule has 0 spiro atoms. The summed E-state index contributed by atoms with van der Waals surface area (Å²) in [4.78, 5) is 3.16. The Hall–Kier alpha value is -0.930. The number of nitrogens with one attached hydrogen (secondary N) is 1. The molecule has 0 unspecified atom stereocenters. The first-order valence-corrected chi connectivity index (χ1v) is 6.77. The quantitative estimate of drug-likeness (QED) is 0.585. The minimum atomic E-state index is -3.98. The largest absolute Gasteiger partial charge is 0.389 e. The van der Waals surface area contributed by atoms with Crippen molar-refractivity contribution in [3.8, 4) is 0 Å². The topological polar surface area (TPSA) is 15.8 Å². The van der Waals surface area contributed by atoms with Crippen LogP contribution in [0.2, 0.25) is 0 Å². The van der Waals surface area contributed by atoms with Crippen molar-refractivity contribution >= 4 is 0 Å². The highest BCUT2D eigenvalue weighted by atomic mass is 19.4. The van der Waals surface area contributed by atoms with Gasteiger partial charge in [-0.15, -0.1) is 0 Å². The third-order valence-electron chi connectivity index (χ3n) is 3.07. The van der Waals surface area contributed by atoms with Crippen LogP contribution in [0.25, 0.3) is 0 Å². The van der Waals surface area contributed by atoms with Crippen molar-refractivity contribution in [1.82, 2.24) is 4.98 Å². The number of aromatic nitrogens is 1. The average molecular weight is 261 g/mol. The summed E-state index contributed by atoms with van der Waals surface area (Å²) in [5.74, 6) is 0. The average Bonchev–Trinajstić information content (AvgIpc) is 2.78. The Balaban J connectivity index is 1.82. The van der Waals surface area contributed by atoms with Gasteiger partial charge in [0.1, 0.15) is 0 Å². The van der Waals surface area contributed by atoms with Gasteiger partial charge in [-0.1, -0.05) is 32.1 Å². The molecule has 0 aliphatic carbocycles. The molecular weight excluding hydrogens is 239 g/mol. The van der Waals surface area contributed by atoms with Gasteiger partial charge in [0, 0.05) is 18.3 Å². The Morgan fingerprint density at radius 1 is 0.889 bits per heavy atom. The molecule has 18 heavy (non-hydrogen) atoms. The van der Waals surface area contributed by atoms with Crippen molar-refractivity contribution in [3.63, 3.8) is 0 Å². The van der Waals surface area contributed by atoms with Crippen LogP contribution in [0.5, 0.6) is 0 Å². The van der Waals surface area contributed by atoms with Crippen LogP contribution in [-0.4, -0.2) is 11.2 Å². The number of halogens is 3. The third-order valence-corrected chi connectivity index (χ3v) is 3.07. The van der Waals surface area contributed by atoms with E-state index >= 15 is 0 Å². The maximum atomic E-state index is 11.9. The number of unbranched alkanes of at least 4 members (excludes halogenated alkanes) is 6. The van der Waals surface area contributed by atoms with Gasteiger partial charge in [0.2, 0.25) is 0 Å². The summed E-state index contributed by atoms with van der Waals surface area (Å²) in [6.07, 6.45) is 4.82. The molecule has 0 atom stereocenters. The molecule has 1 aromatic heterocycles. The zero-order valence-corrected chi connectivity index (χ0v) is 10.7. The summed E-state index contributed by atoms with van der Waals surface area (Å²) in [6.45, 7) is 0. The Morgan fingerprint density at radius 2 is 1.50 bits per heavy atom. The number of hydrogen-bond acceptors (Lipinski definition) is 0. The molecule has 0 aromatic carbocycles. The summed E-state index contributed by atoms with van der Waals surface area (Å²) in [6, 6.07) is 4.08. The van der Waals surface area contributed by atoms with E-state index < -0.39 is 12.6 Å². The predicted molar refractivity (Wildman–Crippen MR) is 67.5 cm³/mol. The highest BCUT2D eigenvalue weighted by Gasteiger charge is 2.25. The van der Waals surface area contributed by atoms with Gasteiger partial charge in [-0.2, -0.15) is 13.2 Å². The van der Waals surface area contributed by atoms with Gasteiger partial charge in [-0.05, 0) is 31.4 Å². The van der Waals surface area contributed by atoms with E-state index in [1.54, 1.807) is 0 Å². The summed E-state index contributed by atoms with van der Waals surface area (Å²) >= 11 is 0. The molecule has 0 aliphatic heterocycles. The second-order valence-corrected chi connectivity index (χ2v) is 4.79. The SMILES string of the molecule is FC(F)(F)CCCCCCCCCc1ccc[nH]1. The lowest BCUT2D eigenvalue weighted by Crippen LogP contribution is -2.06. The molecule has 0 amide bonds. The van der Waals surface area contributed by atoms with Gasteiger partial charge >= 0.3 is 6.18 Å². The lowest BCUT2D eigenvalue weighted by atomic mass is 10.1. The first-order valence-electron chi connectivity index (χ1n) is 6.77. The van der Waals surface area contributed by atoms with E-state index in [2.05, 4.69) is 11.1 Å². The third kappa shape index (κ3) is 8.20. The maximum absolute atomic E-state index is 11.9. The van der Waals surface area contributed by atoms with E-state index in [0.717, 1.165) is 38.5 Å². The predicted octanol–water partition coefficient (Wildman–Crippen LogP) is 5.24. The monoisotopic (exact) mass is 261 g/mol. The molecule has 0 saturated heterocycles. The van der Waals surface area contributed by atoms with Crippen molar-refractivity contribution in [1.29, 1.82) is 0 Å². The Bertz CT molecular complexity index is 290. The standard InChI is InChI=1S/C14H22F3N/c15-14(16,17)11-7-5-3-1-2-4-6-9-13-10-8-12-18-13/h8,10,12,18H,1-7,9,11H2. The molecule has 1 nitrogen and oxygen atoms in total. The fourth-order valence-corrected chi connectivity index (χ4v) is 2.05. The second-order valence-electron chi connectivity index (χ2n) is 4.79. The van der Waals surface area contributed by atoms with E-state index in [1.807, 2.05) is 12.3 Å². The summed E-state index contributed by atoms with van der Waals surface area (Å²) in [5.41, 5.74) is 1.26. The zero-order valence-electron chi connectivity index (χ0n) is 10.7. The molecular formula is C14H22F3N. The Kier molecular flexibility index (Phi) is 6.91. The van der Waals surface area contributed by atoms with Gasteiger partial charge in [0.05, 0.1) is 0 Å². The van der Waals surface area contributed by atoms with Crippen molar-refractivity contribution < 1.29 is 13.2 Å². The number of H-pyrrole nitrogens is 1. The molecule has 4 heteroatoms. The molecule has 0 aliphatic rings. The molecule has 0 bridgehead atoms. The minimum Gasteiger partial charge on any atom is -0.365 e. The number of hydrogen-bond donors (Lipinski definition) is 1. The minimum absolute atomic E-state index is 0.284. The van der Waals surface area contributed by atoms with Gasteiger partial charge in [-0.25, -0.2) is 0 Å². The number of alkyl halides is 3. The maximum Gasteiger partial charge on any atom is 0.389 e. The van der Waals surface area contributed by atoms with Crippen LogP contribution in [0, 0.1) is 0 Å². The van der Waals surface area contributed by atoms with E-state index in [9.17, 15) is 13.2 Å². The lowest BCUT2D eigenvalue weighted by molar-refractivity contribution is -0.135. The molecule has 0 radical (unpaired) electrons. The fourth-order valence-electron chi connectivity index (χ4n) is 2.05. The van der Waals surface area contributed by atoms with Crippen LogP contribution < -0.4 is 0 Å². The molecule has 0 fully saturated rings. The van der Waals surface area contributed by atoms with Gasteiger partial charge in [-0.3, -0.25) is 0 Å². The molecule has 1 rings (SSSR count). The van der Waals surface area contributed by atoms with Crippen LogP contribution in [0.4, 0.5) is 13.2 Å². The first-order chi connectivity index (χ1) is 8.58. The smallest absolute Gasteiger partial charge is 0.365 e. The van der Waals surface area contributed by atoms with Crippen LogP contribution >= 0.6 is 0 Å². The number of rotatable bonds is 9. The fraction of sp³-hybridized carbons (Fsp3) is 0.714. The van der Waals surface area contributed by atoms with Crippen LogP contribution in [0.15, 0.2) is 18.3 Å². The number of aryl methyl sites for hydroxylation is 1. The van der Waals surface area contributed by atoms with Crippen molar-refractivity contribution in [2.45, 2.75) is 64.0 Å². The zero-order chi connectivity index (χ0) is 13.3. The van der Waals surface area contributed by atoms with E-state index in [1.165, 1.54) is 5.69 Å². The summed E-state index contributed by atoms with van der Waals surface area (Å²) < 4.78 is 35.6. The Morgan fingerprint density at radius 3 is 2.06 bits per heavy atom. The van der Waals surface area contributed by atoms with Crippen molar-refractivity contribution in [3.05, 3.63) is 24.0 Å². The first kappa shape index (κ1) is 15.1. The van der Waals surface area contributed by atoms with E-state index in [-0.39, 0.29) is 6.42 Å². The highest BCUT2D eigenvalue weighted by molar-refractivity contribution is 5.03. The van der Waals surface area contributed by atoms with Gasteiger partial charge in [0.15, 0.2) is 0 Å². The second kappa shape index (κ2) is 8.22. The van der Waals surface area contributed by atoms with E-state index in [4.69, 9.17) is 0 Å².